The van der Waals surface area contributed by atoms with Crippen LogP contribution in [0.25, 0.3) is 0 Å². The SMILES string of the molecule is CCCCCC1CCC(c2ccc(OC3C4C(=O)OC(=O)C4c4ccccc4C3C3CC(=O)OC3=O)c(C#N)c2)CC1. The van der Waals surface area contributed by atoms with Gasteiger partial charge in [-0.05, 0) is 66.3 Å². The van der Waals surface area contributed by atoms with E-state index in [1.807, 2.05) is 12.1 Å². The van der Waals surface area contributed by atoms with Crippen molar-refractivity contribution in [3.8, 4) is 11.8 Å². The maximum atomic E-state index is 13.1. The van der Waals surface area contributed by atoms with E-state index < -0.39 is 53.7 Å². The minimum Gasteiger partial charge on any atom is -0.487 e. The van der Waals surface area contributed by atoms with Crippen molar-refractivity contribution in [2.24, 2.45) is 17.8 Å². The van der Waals surface area contributed by atoms with Crippen LogP contribution in [0.2, 0.25) is 0 Å². The molecule has 0 spiro atoms. The van der Waals surface area contributed by atoms with Crippen molar-refractivity contribution in [3.05, 3.63) is 64.7 Å². The van der Waals surface area contributed by atoms with Gasteiger partial charge in [-0.2, -0.15) is 5.26 Å². The van der Waals surface area contributed by atoms with Gasteiger partial charge in [0.2, 0.25) is 0 Å². The largest absolute Gasteiger partial charge is 0.487 e. The first-order valence-electron chi connectivity index (χ1n) is 15.2. The van der Waals surface area contributed by atoms with Gasteiger partial charge >= 0.3 is 23.9 Å². The average Bonchev–Trinajstić information content (AvgIpc) is 3.49. The second-order valence-corrected chi connectivity index (χ2v) is 12.2. The van der Waals surface area contributed by atoms with Crippen LogP contribution in [-0.2, 0) is 28.7 Å². The normalized spacial score (nSPS) is 30.2. The first-order valence-corrected chi connectivity index (χ1v) is 15.2. The van der Waals surface area contributed by atoms with Crippen LogP contribution in [0.1, 0.15) is 105 Å². The number of hydrogen-bond donors (Lipinski definition) is 0. The number of carbonyl (C=O) groups excluding carboxylic acids is 4. The maximum absolute atomic E-state index is 13.1. The quantitative estimate of drug-likeness (QED) is 0.221. The van der Waals surface area contributed by atoms with Crippen molar-refractivity contribution < 1.29 is 33.4 Å². The third-order valence-corrected chi connectivity index (χ3v) is 9.74. The third kappa shape index (κ3) is 5.10. The summed E-state index contributed by atoms with van der Waals surface area (Å²) >= 11 is 0. The Hall–Kier alpha value is -3.99. The second-order valence-electron chi connectivity index (χ2n) is 12.2. The predicted molar refractivity (Wildman–Crippen MR) is 150 cm³/mol. The smallest absolute Gasteiger partial charge is 0.322 e. The lowest BCUT2D eigenvalue weighted by molar-refractivity contribution is -0.156. The molecule has 2 aromatic rings. The molecule has 0 aromatic heterocycles. The van der Waals surface area contributed by atoms with E-state index in [-0.39, 0.29) is 12.2 Å². The highest BCUT2D eigenvalue weighted by molar-refractivity contribution is 6.01. The Labute approximate surface area is 245 Å². The molecule has 42 heavy (non-hydrogen) atoms. The van der Waals surface area contributed by atoms with E-state index in [2.05, 4.69) is 13.0 Å². The van der Waals surface area contributed by atoms with Gasteiger partial charge in [0.05, 0.1) is 23.8 Å². The van der Waals surface area contributed by atoms with Gasteiger partial charge in [-0.3, -0.25) is 19.2 Å². The lowest BCUT2D eigenvalue weighted by atomic mass is 9.65. The van der Waals surface area contributed by atoms with Crippen molar-refractivity contribution in [2.45, 2.75) is 88.6 Å². The first kappa shape index (κ1) is 28.1. The number of esters is 4. The number of fused-ring (bicyclic) bond motifs is 3. The molecule has 5 atom stereocenters. The number of hydrogen-bond acceptors (Lipinski definition) is 8. The van der Waals surface area contributed by atoms with Crippen LogP contribution in [0.4, 0.5) is 0 Å². The molecular weight excluding hydrogens is 534 g/mol. The Bertz CT molecular complexity index is 1450. The topological polar surface area (TPSA) is 120 Å². The lowest BCUT2D eigenvalue weighted by Crippen LogP contribution is -2.46. The molecule has 2 aromatic carbocycles. The minimum atomic E-state index is -1.03. The van der Waals surface area contributed by atoms with Crippen molar-refractivity contribution in [3.63, 3.8) is 0 Å². The molecule has 8 nitrogen and oxygen atoms in total. The van der Waals surface area contributed by atoms with E-state index >= 15 is 0 Å². The number of benzene rings is 2. The number of nitrogens with zero attached hydrogens (tertiary/aromatic N) is 1. The summed E-state index contributed by atoms with van der Waals surface area (Å²) in [7, 11) is 0. The number of nitriles is 1. The van der Waals surface area contributed by atoms with Crippen LogP contribution in [-0.4, -0.2) is 30.0 Å². The highest BCUT2D eigenvalue weighted by atomic mass is 16.6. The maximum Gasteiger partial charge on any atom is 0.322 e. The zero-order valence-electron chi connectivity index (χ0n) is 23.8. The number of cyclic esters (lactones) is 4. The summed E-state index contributed by atoms with van der Waals surface area (Å²) in [6.45, 7) is 2.23. The van der Waals surface area contributed by atoms with Gasteiger partial charge in [-0.1, -0.05) is 62.9 Å². The van der Waals surface area contributed by atoms with Crippen molar-refractivity contribution in [1.29, 1.82) is 5.26 Å². The van der Waals surface area contributed by atoms with Crippen LogP contribution in [0.3, 0.4) is 0 Å². The summed E-state index contributed by atoms with van der Waals surface area (Å²) in [5.74, 6) is -4.92. The van der Waals surface area contributed by atoms with E-state index in [9.17, 15) is 24.4 Å². The second kappa shape index (κ2) is 11.7. The van der Waals surface area contributed by atoms with Crippen LogP contribution >= 0.6 is 0 Å². The Morgan fingerprint density at radius 1 is 0.881 bits per heavy atom. The number of unbranched alkanes of at least 4 members (excludes halogenated alkanes) is 2. The summed E-state index contributed by atoms with van der Waals surface area (Å²) in [4.78, 5) is 50.9. The van der Waals surface area contributed by atoms with E-state index in [1.54, 1.807) is 30.3 Å². The molecule has 0 N–H and O–H groups in total. The predicted octanol–water partition coefficient (Wildman–Crippen LogP) is 5.83. The van der Waals surface area contributed by atoms with Gasteiger partial charge in [0, 0.05) is 5.92 Å². The molecule has 1 saturated carbocycles. The van der Waals surface area contributed by atoms with Crippen molar-refractivity contribution in [1.82, 2.24) is 0 Å². The molecule has 2 aliphatic carbocycles. The third-order valence-electron chi connectivity index (χ3n) is 9.74. The van der Waals surface area contributed by atoms with E-state index in [0.29, 0.717) is 22.6 Å². The molecule has 0 amide bonds. The number of carbonyl (C=O) groups is 4. The molecule has 6 rings (SSSR count). The summed E-state index contributed by atoms with van der Waals surface area (Å²) in [6, 6.07) is 14.9. The fourth-order valence-electron chi connectivity index (χ4n) is 7.62. The fraction of sp³-hybridized carbons (Fsp3) is 0.500. The molecule has 2 saturated heterocycles. The summed E-state index contributed by atoms with van der Waals surface area (Å²) < 4.78 is 16.5. The zero-order valence-corrected chi connectivity index (χ0v) is 23.8. The van der Waals surface area contributed by atoms with E-state index in [1.165, 1.54) is 38.5 Å². The van der Waals surface area contributed by atoms with Gasteiger partial charge in [0.15, 0.2) is 0 Å². The molecule has 5 unspecified atom stereocenters. The minimum absolute atomic E-state index is 0.163. The van der Waals surface area contributed by atoms with Crippen molar-refractivity contribution >= 4 is 23.9 Å². The molecule has 8 heteroatoms. The average molecular weight is 570 g/mol. The molecule has 2 heterocycles. The molecule has 0 bridgehead atoms. The van der Waals surface area contributed by atoms with Crippen LogP contribution in [0.5, 0.6) is 5.75 Å². The molecule has 2 aliphatic heterocycles. The monoisotopic (exact) mass is 569 g/mol. The highest BCUT2D eigenvalue weighted by Crippen LogP contribution is 2.52. The zero-order chi connectivity index (χ0) is 29.4. The highest BCUT2D eigenvalue weighted by Gasteiger charge is 2.60. The Morgan fingerprint density at radius 2 is 1.64 bits per heavy atom. The summed E-state index contributed by atoms with van der Waals surface area (Å²) in [6.07, 6.45) is 8.44. The van der Waals surface area contributed by atoms with Gasteiger partial charge < -0.3 is 14.2 Å². The molecule has 4 aliphatic rings. The molecule has 218 valence electrons. The van der Waals surface area contributed by atoms with Crippen LogP contribution in [0, 0.1) is 29.1 Å². The van der Waals surface area contributed by atoms with Gasteiger partial charge in [0.25, 0.3) is 0 Å². The molecule has 3 fully saturated rings. The number of rotatable bonds is 8. The summed E-state index contributed by atoms with van der Waals surface area (Å²) in [5.41, 5.74) is 2.64. The lowest BCUT2D eigenvalue weighted by Gasteiger charge is -2.40. The standard InChI is InChI=1S/C34H35NO7/c1-2-3-4-7-19-10-12-20(13-11-19)21-14-15-26(22(16-21)18-35)40-31-28(25-17-27(36)41-32(25)37)23-8-5-6-9-24(23)29-30(31)34(39)42-33(29)38/h5-6,8-9,14-16,19-20,25,28-31H,2-4,7,10-13,17H2,1H3. The van der Waals surface area contributed by atoms with Crippen LogP contribution < -0.4 is 4.74 Å². The number of ether oxygens (including phenoxy) is 3. The first-order chi connectivity index (χ1) is 20.4. The Balaban J connectivity index is 1.30. The van der Waals surface area contributed by atoms with E-state index in [4.69, 9.17) is 14.2 Å². The van der Waals surface area contributed by atoms with Gasteiger partial charge in [0.1, 0.15) is 23.8 Å². The summed E-state index contributed by atoms with van der Waals surface area (Å²) in [5, 5.41) is 10.1. The van der Waals surface area contributed by atoms with Crippen molar-refractivity contribution in [2.75, 3.05) is 0 Å². The molecular formula is C34H35NO7. The van der Waals surface area contributed by atoms with Gasteiger partial charge in [-0.25, -0.2) is 0 Å². The fourth-order valence-corrected chi connectivity index (χ4v) is 7.62. The van der Waals surface area contributed by atoms with Gasteiger partial charge in [-0.15, -0.1) is 0 Å². The Morgan fingerprint density at radius 3 is 2.33 bits per heavy atom. The van der Waals surface area contributed by atoms with E-state index in [0.717, 1.165) is 24.3 Å². The van der Waals surface area contributed by atoms with Crippen LogP contribution in [0.15, 0.2) is 42.5 Å². The Kier molecular flexibility index (Phi) is 7.85. The molecule has 0 radical (unpaired) electrons.